The molecule has 0 radical (unpaired) electrons. The fraction of sp³-hybridized carbons (Fsp3) is 0.417. The van der Waals surface area contributed by atoms with Gasteiger partial charge in [0.05, 0.1) is 23.8 Å². The van der Waals surface area contributed by atoms with Crippen molar-refractivity contribution in [3.05, 3.63) is 18.1 Å². The van der Waals surface area contributed by atoms with E-state index in [-0.39, 0.29) is 24.3 Å². The van der Waals surface area contributed by atoms with Crippen molar-refractivity contribution in [2.75, 3.05) is 10.6 Å². The highest BCUT2D eigenvalue weighted by molar-refractivity contribution is 5.92. The molecule has 21 heavy (non-hydrogen) atoms. The summed E-state index contributed by atoms with van der Waals surface area (Å²) in [7, 11) is 0. The van der Waals surface area contributed by atoms with Crippen LogP contribution < -0.4 is 10.6 Å². The third-order valence-corrected chi connectivity index (χ3v) is 2.72. The molecule has 0 aliphatic heterocycles. The number of aromatic amines is 1. The van der Waals surface area contributed by atoms with Crippen molar-refractivity contribution in [1.82, 2.24) is 25.2 Å². The molecule has 2 heterocycles. The van der Waals surface area contributed by atoms with Crippen LogP contribution in [0, 0.1) is 12.8 Å². The predicted molar refractivity (Wildman–Crippen MR) is 75.4 cm³/mol. The van der Waals surface area contributed by atoms with E-state index in [0.717, 1.165) is 5.69 Å². The van der Waals surface area contributed by atoms with Crippen molar-refractivity contribution in [3.8, 4) is 0 Å². The molecule has 0 fully saturated rings. The Hall–Kier alpha value is -2.71. The monoisotopic (exact) mass is 291 g/mol. The van der Waals surface area contributed by atoms with Gasteiger partial charge in [0, 0.05) is 5.92 Å². The van der Waals surface area contributed by atoms with E-state index < -0.39 is 0 Å². The summed E-state index contributed by atoms with van der Waals surface area (Å²) in [5.41, 5.74) is 1.39. The van der Waals surface area contributed by atoms with Crippen LogP contribution in [-0.2, 0) is 16.1 Å². The average molecular weight is 291 g/mol. The molecular formula is C12H17N7O2. The van der Waals surface area contributed by atoms with Crippen LogP contribution in [0.4, 0.5) is 11.5 Å². The first-order valence-electron chi connectivity index (χ1n) is 6.46. The lowest BCUT2D eigenvalue weighted by atomic mass is 10.2. The number of hydrogen-bond acceptors (Lipinski definition) is 5. The minimum absolute atomic E-state index is 0.00479. The quantitative estimate of drug-likeness (QED) is 0.743. The van der Waals surface area contributed by atoms with E-state index in [2.05, 4.69) is 31.1 Å². The second-order valence-corrected chi connectivity index (χ2v) is 4.90. The summed E-state index contributed by atoms with van der Waals surface area (Å²) in [4.78, 5) is 23.4. The van der Waals surface area contributed by atoms with Crippen LogP contribution in [0.2, 0.25) is 0 Å². The molecule has 0 aliphatic rings. The third-order valence-electron chi connectivity index (χ3n) is 2.72. The van der Waals surface area contributed by atoms with E-state index in [0.29, 0.717) is 11.5 Å². The van der Waals surface area contributed by atoms with Crippen molar-refractivity contribution in [2.24, 2.45) is 5.92 Å². The molecule has 0 bridgehead atoms. The molecule has 9 nitrogen and oxygen atoms in total. The number of amides is 2. The van der Waals surface area contributed by atoms with E-state index in [4.69, 9.17) is 0 Å². The van der Waals surface area contributed by atoms with E-state index in [1.165, 1.54) is 17.1 Å². The second-order valence-electron chi connectivity index (χ2n) is 4.90. The van der Waals surface area contributed by atoms with Crippen LogP contribution in [0.1, 0.15) is 19.5 Å². The molecule has 3 N–H and O–H groups in total. The van der Waals surface area contributed by atoms with Gasteiger partial charge in [-0.15, -0.1) is 5.10 Å². The van der Waals surface area contributed by atoms with E-state index in [9.17, 15) is 9.59 Å². The van der Waals surface area contributed by atoms with E-state index in [1.54, 1.807) is 20.8 Å². The first kappa shape index (κ1) is 14.7. The maximum atomic E-state index is 11.8. The molecule has 0 unspecified atom stereocenters. The normalized spacial score (nSPS) is 10.7. The molecule has 0 spiro atoms. The highest BCUT2D eigenvalue weighted by Crippen LogP contribution is 2.09. The van der Waals surface area contributed by atoms with Crippen molar-refractivity contribution in [2.45, 2.75) is 27.3 Å². The Kier molecular flexibility index (Phi) is 4.31. The van der Waals surface area contributed by atoms with Gasteiger partial charge in [0.25, 0.3) is 0 Å². The predicted octanol–water partition coefficient (Wildman–Crippen LogP) is 0.543. The topological polar surface area (TPSA) is 118 Å². The molecule has 0 saturated carbocycles. The van der Waals surface area contributed by atoms with Gasteiger partial charge in [0.2, 0.25) is 11.8 Å². The average Bonchev–Trinajstić information content (AvgIpc) is 3.00. The Labute approximate surface area is 121 Å². The van der Waals surface area contributed by atoms with Crippen molar-refractivity contribution in [3.63, 3.8) is 0 Å². The highest BCUT2D eigenvalue weighted by Gasteiger charge is 2.11. The van der Waals surface area contributed by atoms with Crippen molar-refractivity contribution in [1.29, 1.82) is 0 Å². The lowest BCUT2D eigenvalue weighted by Crippen LogP contribution is -2.19. The van der Waals surface area contributed by atoms with Crippen LogP contribution in [0.25, 0.3) is 0 Å². The van der Waals surface area contributed by atoms with Gasteiger partial charge in [0.15, 0.2) is 5.82 Å². The first-order chi connectivity index (χ1) is 9.95. The van der Waals surface area contributed by atoms with Gasteiger partial charge in [-0.05, 0) is 6.92 Å². The maximum Gasteiger partial charge on any atom is 0.246 e. The zero-order valence-electron chi connectivity index (χ0n) is 12.0. The number of carbonyl (C=O) groups excluding carboxylic acids is 2. The summed E-state index contributed by atoms with van der Waals surface area (Å²) in [6, 6.07) is 0. The minimum atomic E-state index is -0.258. The molecule has 0 atom stereocenters. The summed E-state index contributed by atoms with van der Waals surface area (Å²) in [6.07, 6.45) is 3.03. The number of rotatable bonds is 5. The van der Waals surface area contributed by atoms with Crippen LogP contribution in [0.5, 0.6) is 0 Å². The molecule has 2 aromatic heterocycles. The number of aromatic nitrogens is 5. The smallest absolute Gasteiger partial charge is 0.246 e. The Bertz CT molecular complexity index is 644. The lowest BCUT2D eigenvalue weighted by Gasteiger charge is -2.04. The fourth-order valence-corrected chi connectivity index (χ4v) is 1.52. The number of aryl methyl sites for hydroxylation is 1. The van der Waals surface area contributed by atoms with Gasteiger partial charge < -0.3 is 10.6 Å². The summed E-state index contributed by atoms with van der Waals surface area (Å²) in [5, 5.41) is 19.4. The number of anilines is 2. The number of H-pyrrole nitrogens is 1. The van der Waals surface area contributed by atoms with Crippen molar-refractivity contribution < 1.29 is 9.59 Å². The van der Waals surface area contributed by atoms with Crippen molar-refractivity contribution >= 4 is 23.3 Å². The molecular weight excluding hydrogens is 274 g/mol. The van der Waals surface area contributed by atoms with Gasteiger partial charge in [0.1, 0.15) is 6.54 Å². The van der Waals surface area contributed by atoms with Gasteiger partial charge in [-0.2, -0.15) is 5.10 Å². The highest BCUT2D eigenvalue weighted by atomic mass is 16.2. The van der Waals surface area contributed by atoms with Crippen LogP contribution in [-0.4, -0.2) is 37.0 Å². The van der Waals surface area contributed by atoms with Gasteiger partial charge in [-0.3, -0.25) is 14.7 Å². The Balaban J connectivity index is 1.91. The van der Waals surface area contributed by atoms with Gasteiger partial charge in [-0.25, -0.2) is 4.68 Å². The van der Waals surface area contributed by atoms with Crippen LogP contribution >= 0.6 is 0 Å². The number of hydrogen-bond donors (Lipinski definition) is 3. The van der Waals surface area contributed by atoms with Crippen LogP contribution in [0.15, 0.2) is 12.4 Å². The number of nitrogens with zero attached hydrogens (tertiary/aromatic N) is 4. The molecule has 112 valence electrons. The van der Waals surface area contributed by atoms with Gasteiger partial charge >= 0.3 is 0 Å². The Morgan fingerprint density at radius 1 is 1.38 bits per heavy atom. The minimum Gasteiger partial charge on any atom is -0.322 e. The largest absolute Gasteiger partial charge is 0.322 e. The molecule has 0 aliphatic carbocycles. The Morgan fingerprint density at radius 3 is 2.76 bits per heavy atom. The summed E-state index contributed by atoms with van der Waals surface area (Å²) < 4.78 is 1.35. The maximum absolute atomic E-state index is 11.8. The lowest BCUT2D eigenvalue weighted by molar-refractivity contribution is -0.119. The number of carbonyl (C=O) groups is 2. The SMILES string of the molecule is Cc1[nH]ncc1NC(=O)Cn1cc(NC(=O)C(C)C)nn1. The Morgan fingerprint density at radius 2 is 2.14 bits per heavy atom. The third kappa shape index (κ3) is 3.88. The summed E-state index contributed by atoms with van der Waals surface area (Å²) in [6.45, 7) is 5.35. The standard InChI is InChI=1S/C12H17N7O2/c1-7(2)12(21)15-10-5-19(18-17-10)6-11(20)14-9-4-13-16-8(9)3/h4-5,7H,6H2,1-3H3,(H,13,16)(H,14,20)(H,15,21). The first-order valence-corrected chi connectivity index (χ1v) is 6.46. The molecule has 2 aromatic rings. The molecule has 2 amide bonds. The summed E-state index contributed by atoms with van der Waals surface area (Å²) in [5.74, 6) is -0.241. The van der Waals surface area contributed by atoms with E-state index >= 15 is 0 Å². The molecule has 0 saturated heterocycles. The molecule has 9 heteroatoms. The van der Waals surface area contributed by atoms with E-state index in [1.807, 2.05) is 0 Å². The number of nitrogens with one attached hydrogen (secondary N) is 3. The van der Waals surface area contributed by atoms with Crippen LogP contribution in [0.3, 0.4) is 0 Å². The molecule has 2 rings (SSSR count). The second kappa shape index (κ2) is 6.16. The van der Waals surface area contributed by atoms with Gasteiger partial charge in [-0.1, -0.05) is 19.1 Å². The molecule has 0 aromatic carbocycles. The fourth-order valence-electron chi connectivity index (χ4n) is 1.52. The zero-order valence-corrected chi connectivity index (χ0v) is 12.0. The summed E-state index contributed by atoms with van der Waals surface area (Å²) >= 11 is 0. The zero-order chi connectivity index (χ0) is 15.4.